The number of rotatable bonds is 5. The highest BCUT2D eigenvalue weighted by molar-refractivity contribution is 6.30. The molecule has 0 spiro atoms. The zero-order chi connectivity index (χ0) is 19.2. The molecular formula is C21H26ClN3O2. The number of nitrogens with zero attached hydrogens (tertiary/aromatic N) is 3. The van der Waals surface area contributed by atoms with Crippen LogP contribution in [0.3, 0.4) is 0 Å². The first-order chi connectivity index (χ1) is 13.1. The molecule has 27 heavy (non-hydrogen) atoms. The molecule has 1 fully saturated rings. The van der Waals surface area contributed by atoms with Crippen LogP contribution in [0, 0.1) is 0 Å². The van der Waals surface area contributed by atoms with Crippen LogP contribution in [-0.2, 0) is 4.74 Å². The van der Waals surface area contributed by atoms with Crippen LogP contribution < -0.4 is 4.90 Å². The summed E-state index contributed by atoms with van der Waals surface area (Å²) in [6, 6.07) is 12.2. The number of anilines is 1. The Morgan fingerprint density at radius 2 is 1.93 bits per heavy atom. The number of hydrogen-bond donors (Lipinski definition) is 0. The van der Waals surface area contributed by atoms with Crippen LogP contribution in [-0.4, -0.2) is 48.6 Å². The lowest BCUT2D eigenvalue weighted by Gasteiger charge is -2.28. The molecule has 2 aromatic rings. The van der Waals surface area contributed by atoms with Crippen LogP contribution in [0.25, 0.3) is 0 Å². The van der Waals surface area contributed by atoms with Crippen LogP contribution in [0.5, 0.6) is 0 Å². The summed E-state index contributed by atoms with van der Waals surface area (Å²) in [5, 5.41) is 0.769. The van der Waals surface area contributed by atoms with Crippen molar-refractivity contribution in [3.63, 3.8) is 0 Å². The van der Waals surface area contributed by atoms with Crippen molar-refractivity contribution in [3.8, 4) is 0 Å². The standard InChI is InChI=1S/C21H26ClN3O2/c1-3-27-21(26)18-7-10-20(23-15-18)25-12-4-11-24(13-14-25)16(2)17-5-8-19(22)9-6-17/h5-10,15-16H,3-4,11-14H2,1-2H3. The van der Waals surface area contributed by atoms with Gasteiger partial charge in [0.25, 0.3) is 0 Å². The first-order valence-electron chi connectivity index (χ1n) is 9.46. The largest absolute Gasteiger partial charge is 0.462 e. The van der Waals surface area contributed by atoms with Gasteiger partial charge in [-0.15, -0.1) is 0 Å². The van der Waals surface area contributed by atoms with Gasteiger partial charge in [-0.3, -0.25) is 4.90 Å². The third kappa shape index (κ3) is 4.99. The number of carbonyl (C=O) groups is 1. The first kappa shape index (κ1) is 19.6. The van der Waals surface area contributed by atoms with Crippen molar-refractivity contribution in [3.05, 3.63) is 58.7 Å². The molecule has 1 aliphatic heterocycles. The lowest BCUT2D eigenvalue weighted by atomic mass is 10.1. The summed E-state index contributed by atoms with van der Waals surface area (Å²) in [6.07, 6.45) is 2.67. The van der Waals surface area contributed by atoms with E-state index in [-0.39, 0.29) is 5.97 Å². The number of halogens is 1. The molecule has 1 atom stereocenters. The molecule has 1 unspecified atom stereocenters. The van der Waals surface area contributed by atoms with Gasteiger partial charge in [-0.2, -0.15) is 0 Å². The monoisotopic (exact) mass is 387 g/mol. The Morgan fingerprint density at radius 1 is 1.15 bits per heavy atom. The third-order valence-electron chi connectivity index (χ3n) is 5.01. The van der Waals surface area contributed by atoms with E-state index < -0.39 is 0 Å². The van der Waals surface area contributed by atoms with E-state index in [1.807, 2.05) is 18.2 Å². The van der Waals surface area contributed by atoms with Gasteiger partial charge < -0.3 is 9.64 Å². The highest BCUT2D eigenvalue weighted by Crippen LogP contribution is 2.24. The fourth-order valence-electron chi connectivity index (χ4n) is 3.41. The van der Waals surface area contributed by atoms with E-state index in [9.17, 15) is 4.79 Å². The van der Waals surface area contributed by atoms with Crippen molar-refractivity contribution < 1.29 is 9.53 Å². The molecule has 5 nitrogen and oxygen atoms in total. The molecule has 0 saturated carbocycles. The lowest BCUT2D eigenvalue weighted by Crippen LogP contribution is -2.32. The Hall–Kier alpha value is -2.11. The van der Waals surface area contributed by atoms with Crippen molar-refractivity contribution in [2.45, 2.75) is 26.3 Å². The Labute approximate surface area is 165 Å². The minimum Gasteiger partial charge on any atom is -0.462 e. The van der Waals surface area contributed by atoms with Gasteiger partial charge in [0.15, 0.2) is 0 Å². The van der Waals surface area contributed by atoms with Crippen molar-refractivity contribution in [1.29, 1.82) is 0 Å². The average Bonchev–Trinajstić information content (AvgIpc) is 2.94. The van der Waals surface area contributed by atoms with Crippen LogP contribution in [0.2, 0.25) is 5.02 Å². The van der Waals surface area contributed by atoms with Crippen LogP contribution in [0.1, 0.15) is 42.2 Å². The summed E-state index contributed by atoms with van der Waals surface area (Å²) < 4.78 is 5.02. The number of benzene rings is 1. The van der Waals surface area contributed by atoms with E-state index in [4.69, 9.17) is 16.3 Å². The molecule has 1 aromatic heterocycles. The molecule has 0 bridgehead atoms. The maximum Gasteiger partial charge on any atom is 0.339 e. The molecule has 1 aliphatic rings. The van der Waals surface area contributed by atoms with E-state index in [0.717, 1.165) is 43.4 Å². The molecule has 0 amide bonds. The second-order valence-electron chi connectivity index (χ2n) is 6.73. The molecule has 144 valence electrons. The Morgan fingerprint density at radius 3 is 2.59 bits per heavy atom. The predicted octanol–water partition coefficient (Wildman–Crippen LogP) is 4.19. The van der Waals surface area contributed by atoms with Gasteiger partial charge >= 0.3 is 5.97 Å². The van der Waals surface area contributed by atoms with Crippen molar-refractivity contribution in [2.75, 3.05) is 37.7 Å². The zero-order valence-electron chi connectivity index (χ0n) is 15.9. The number of carbonyl (C=O) groups excluding carboxylic acids is 1. The quantitative estimate of drug-likeness (QED) is 0.720. The summed E-state index contributed by atoms with van der Waals surface area (Å²) >= 11 is 6.01. The first-order valence-corrected chi connectivity index (χ1v) is 9.84. The van der Waals surface area contributed by atoms with Gasteiger partial charge in [0.05, 0.1) is 12.2 Å². The summed E-state index contributed by atoms with van der Waals surface area (Å²) in [6.45, 7) is 8.28. The molecule has 1 saturated heterocycles. The smallest absolute Gasteiger partial charge is 0.339 e. The van der Waals surface area contributed by atoms with E-state index in [2.05, 4.69) is 33.8 Å². The summed E-state index contributed by atoms with van der Waals surface area (Å²) in [7, 11) is 0. The molecule has 0 N–H and O–H groups in total. The molecule has 0 aliphatic carbocycles. The fourth-order valence-corrected chi connectivity index (χ4v) is 3.54. The Kier molecular flexibility index (Phi) is 6.69. The van der Waals surface area contributed by atoms with Gasteiger partial charge in [-0.1, -0.05) is 23.7 Å². The molecule has 0 radical (unpaired) electrons. The zero-order valence-corrected chi connectivity index (χ0v) is 16.7. The third-order valence-corrected chi connectivity index (χ3v) is 5.27. The minimum absolute atomic E-state index is 0.324. The van der Waals surface area contributed by atoms with Crippen LogP contribution >= 0.6 is 11.6 Å². The highest BCUT2D eigenvalue weighted by Gasteiger charge is 2.21. The average molecular weight is 388 g/mol. The Bertz CT molecular complexity index is 749. The number of aromatic nitrogens is 1. The van der Waals surface area contributed by atoms with Gasteiger partial charge in [0.2, 0.25) is 0 Å². The van der Waals surface area contributed by atoms with E-state index in [1.54, 1.807) is 19.2 Å². The second kappa shape index (κ2) is 9.20. The maximum atomic E-state index is 11.8. The fraction of sp³-hybridized carbons (Fsp3) is 0.429. The number of pyridine rings is 1. The van der Waals surface area contributed by atoms with Gasteiger partial charge in [0.1, 0.15) is 5.82 Å². The van der Waals surface area contributed by atoms with Crippen molar-refractivity contribution in [1.82, 2.24) is 9.88 Å². The Balaban J connectivity index is 1.62. The predicted molar refractivity (Wildman–Crippen MR) is 108 cm³/mol. The number of esters is 1. The van der Waals surface area contributed by atoms with Crippen LogP contribution in [0.15, 0.2) is 42.6 Å². The highest BCUT2D eigenvalue weighted by atomic mass is 35.5. The van der Waals surface area contributed by atoms with Crippen molar-refractivity contribution >= 4 is 23.4 Å². The summed E-state index contributed by atoms with van der Waals surface area (Å²) in [5.74, 6) is 0.583. The van der Waals surface area contributed by atoms with Crippen molar-refractivity contribution in [2.24, 2.45) is 0 Å². The number of ether oxygens (including phenoxy) is 1. The molecule has 1 aromatic carbocycles. The normalized spacial score (nSPS) is 16.6. The molecule has 2 heterocycles. The summed E-state index contributed by atoms with van der Waals surface area (Å²) in [4.78, 5) is 21.0. The van der Waals surface area contributed by atoms with E-state index in [0.29, 0.717) is 18.2 Å². The second-order valence-corrected chi connectivity index (χ2v) is 7.17. The molecule has 3 rings (SSSR count). The van der Waals surface area contributed by atoms with E-state index in [1.165, 1.54) is 5.56 Å². The van der Waals surface area contributed by atoms with E-state index >= 15 is 0 Å². The summed E-state index contributed by atoms with van der Waals surface area (Å²) in [5.41, 5.74) is 1.78. The van der Waals surface area contributed by atoms with Gasteiger partial charge in [-0.25, -0.2) is 9.78 Å². The molecule has 6 heteroatoms. The minimum atomic E-state index is -0.324. The molecular weight excluding hydrogens is 362 g/mol. The number of hydrogen-bond acceptors (Lipinski definition) is 5. The lowest BCUT2D eigenvalue weighted by molar-refractivity contribution is 0.0526. The maximum absolute atomic E-state index is 11.8. The van der Waals surface area contributed by atoms with Gasteiger partial charge in [-0.05, 0) is 50.1 Å². The topological polar surface area (TPSA) is 45.7 Å². The SMILES string of the molecule is CCOC(=O)c1ccc(N2CCCN(C(C)c3ccc(Cl)cc3)CC2)nc1. The van der Waals surface area contributed by atoms with Crippen LogP contribution in [0.4, 0.5) is 5.82 Å². The van der Waals surface area contributed by atoms with Gasteiger partial charge in [0, 0.05) is 43.4 Å².